The zero-order valence-corrected chi connectivity index (χ0v) is 11.0. The summed E-state index contributed by atoms with van der Waals surface area (Å²) in [7, 11) is 0. The van der Waals surface area contributed by atoms with E-state index < -0.39 is 43.1 Å². The number of rotatable bonds is 6. The fourth-order valence-corrected chi connectivity index (χ4v) is 1.19. The van der Waals surface area contributed by atoms with Gasteiger partial charge < -0.3 is 30.6 Å². The highest BCUT2D eigenvalue weighted by Gasteiger charge is 2.20. The van der Waals surface area contributed by atoms with Gasteiger partial charge in [0.1, 0.15) is 18.7 Å². The maximum absolute atomic E-state index is 9.72. The molecule has 6 N–H and O–H groups in total. The zero-order valence-electron chi connectivity index (χ0n) is 11.0. The zero-order chi connectivity index (χ0) is 15.7. The van der Waals surface area contributed by atoms with Crippen LogP contribution in [0.4, 0.5) is 0 Å². The Morgan fingerprint density at radius 3 is 1.26 bits per heavy atom. The molecule has 0 bridgehead atoms. The van der Waals surface area contributed by atoms with Crippen LogP contribution in [0.1, 0.15) is 27.2 Å². The standard InChI is InChI=1S/C6H15NO3.C4H6O5/c1-4(8)7(5(2)9)6(3)10;5-2(4(8)9)1-3(6)7/h4-6,8-10H,1-3H3;2,5H,1H2,(H,6,7)(H,8,9). The van der Waals surface area contributed by atoms with Gasteiger partial charge in [-0.1, -0.05) is 0 Å². The minimum Gasteiger partial charge on any atom is -0.481 e. The summed E-state index contributed by atoms with van der Waals surface area (Å²) in [5.74, 6) is -2.85. The van der Waals surface area contributed by atoms with Gasteiger partial charge in [0.2, 0.25) is 0 Å². The highest BCUT2D eigenvalue weighted by atomic mass is 16.4. The molecule has 0 aliphatic rings. The Labute approximate surface area is 110 Å². The molecule has 114 valence electrons. The van der Waals surface area contributed by atoms with Crippen molar-refractivity contribution in [2.75, 3.05) is 0 Å². The third-order valence-corrected chi connectivity index (χ3v) is 1.95. The summed E-state index contributed by atoms with van der Waals surface area (Å²) in [6, 6.07) is 0. The second-order valence-electron chi connectivity index (χ2n) is 3.79. The largest absolute Gasteiger partial charge is 0.481 e. The first-order chi connectivity index (χ1) is 8.50. The molecular formula is C10H21NO8. The summed E-state index contributed by atoms with van der Waals surface area (Å²) >= 11 is 0. The number of carboxylic acid groups (broad SMARTS) is 2. The molecule has 0 aromatic carbocycles. The number of aliphatic hydroxyl groups is 4. The van der Waals surface area contributed by atoms with E-state index in [2.05, 4.69) is 0 Å². The van der Waals surface area contributed by atoms with Crippen molar-refractivity contribution in [3.05, 3.63) is 0 Å². The van der Waals surface area contributed by atoms with Gasteiger partial charge >= 0.3 is 11.9 Å². The quantitative estimate of drug-likeness (QED) is 0.309. The molecule has 0 fully saturated rings. The second-order valence-corrected chi connectivity index (χ2v) is 3.79. The van der Waals surface area contributed by atoms with Crippen molar-refractivity contribution >= 4 is 11.9 Å². The molecule has 0 aromatic heterocycles. The summed E-state index contributed by atoms with van der Waals surface area (Å²) in [6.45, 7) is 4.46. The highest BCUT2D eigenvalue weighted by molar-refractivity contribution is 5.79. The molecule has 0 aromatic rings. The Kier molecular flexibility index (Phi) is 10.2. The minimum absolute atomic E-state index is 0.755. The smallest absolute Gasteiger partial charge is 0.333 e. The average Bonchev–Trinajstić information content (AvgIpc) is 2.14. The molecule has 0 heterocycles. The van der Waals surface area contributed by atoms with Crippen LogP contribution in [0.3, 0.4) is 0 Å². The first-order valence-corrected chi connectivity index (χ1v) is 5.45. The number of aliphatic hydroxyl groups excluding tert-OH is 4. The molecule has 0 aliphatic carbocycles. The molecule has 0 spiro atoms. The van der Waals surface area contributed by atoms with Crippen molar-refractivity contribution in [2.24, 2.45) is 0 Å². The fraction of sp³-hybridized carbons (Fsp3) is 0.800. The number of carboxylic acids is 2. The first-order valence-electron chi connectivity index (χ1n) is 5.45. The van der Waals surface area contributed by atoms with Crippen LogP contribution in [0.5, 0.6) is 0 Å². The van der Waals surface area contributed by atoms with Crippen molar-refractivity contribution in [2.45, 2.75) is 52.0 Å². The topological polar surface area (TPSA) is 159 Å². The van der Waals surface area contributed by atoms with Crippen molar-refractivity contribution in [1.29, 1.82) is 0 Å². The van der Waals surface area contributed by atoms with Gasteiger partial charge in [-0.15, -0.1) is 0 Å². The van der Waals surface area contributed by atoms with E-state index in [9.17, 15) is 9.59 Å². The molecule has 0 saturated carbocycles. The van der Waals surface area contributed by atoms with Crippen molar-refractivity contribution < 1.29 is 40.2 Å². The third-order valence-electron chi connectivity index (χ3n) is 1.95. The van der Waals surface area contributed by atoms with Gasteiger partial charge in [0.15, 0.2) is 6.10 Å². The SMILES string of the molecule is CC(O)N(C(C)O)C(C)O.O=C(O)CC(O)C(=O)O. The molecule has 0 aliphatic heterocycles. The van der Waals surface area contributed by atoms with Gasteiger partial charge in [0, 0.05) is 0 Å². The summed E-state index contributed by atoms with van der Waals surface area (Å²) in [5.41, 5.74) is 0. The van der Waals surface area contributed by atoms with Crippen molar-refractivity contribution in [3.8, 4) is 0 Å². The molecule has 4 unspecified atom stereocenters. The fourth-order valence-electron chi connectivity index (χ4n) is 1.19. The second kappa shape index (κ2) is 9.64. The van der Waals surface area contributed by atoms with Gasteiger partial charge in [-0.3, -0.25) is 4.79 Å². The van der Waals surface area contributed by atoms with Gasteiger partial charge in [0.25, 0.3) is 0 Å². The summed E-state index contributed by atoms with van der Waals surface area (Å²) in [6.07, 6.45) is -5.04. The van der Waals surface area contributed by atoms with E-state index in [0.717, 1.165) is 0 Å². The van der Waals surface area contributed by atoms with Crippen LogP contribution in [0.15, 0.2) is 0 Å². The van der Waals surface area contributed by atoms with Crippen molar-refractivity contribution in [1.82, 2.24) is 4.90 Å². The number of nitrogens with zero attached hydrogens (tertiary/aromatic N) is 1. The van der Waals surface area contributed by atoms with Gasteiger partial charge in [0.05, 0.1) is 6.42 Å². The van der Waals surface area contributed by atoms with Crippen LogP contribution < -0.4 is 0 Å². The maximum atomic E-state index is 9.72. The van der Waals surface area contributed by atoms with Crippen molar-refractivity contribution in [3.63, 3.8) is 0 Å². The number of carbonyl (C=O) groups is 2. The Hall–Kier alpha value is -1.26. The lowest BCUT2D eigenvalue weighted by atomic mass is 10.3. The van der Waals surface area contributed by atoms with Gasteiger partial charge in [-0.05, 0) is 20.8 Å². The molecule has 19 heavy (non-hydrogen) atoms. The molecule has 4 atom stereocenters. The lowest BCUT2D eigenvalue weighted by molar-refractivity contribution is -0.159. The lowest BCUT2D eigenvalue weighted by Gasteiger charge is -2.30. The van der Waals surface area contributed by atoms with E-state index >= 15 is 0 Å². The normalized spacial score (nSPS) is 16.8. The third kappa shape index (κ3) is 10.4. The van der Waals surface area contributed by atoms with E-state index in [0.29, 0.717) is 0 Å². The van der Waals surface area contributed by atoms with Crippen LogP contribution in [0, 0.1) is 0 Å². The highest BCUT2D eigenvalue weighted by Crippen LogP contribution is 2.04. The molecule has 0 radical (unpaired) electrons. The van der Waals surface area contributed by atoms with Crippen LogP contribution >= 0.6 is 0 Å². The maximum Gasteiger partial charge on any atom is 0.333 e. The van der Waals surface area contributed by atoms with Crippen LogP contribution in [0.25, 0.3) is 0 Å². The molecule has 0 amide bonds. The molecule has 0 rings (SSSR count). The lowest BCUT2D eigenvalue weighted by Crippen LogP contribution is -2.45. The molecule has 9 heteroatoms. The Balaban J connectivity index is 0. The first kappa shape index (κ1) is 20.1. The molecule has 0 saturated heterocycles. The monoisotopic (exact) mass is 283 g/mol. The van der Waals surface area contributed by atoms with E-state index in [1.807, 2.05) is 0 Å². The summed E-state index contributed by atoms with van der Waals surface area (Å²) in [4.78, 5) is 20.6. The molecular weight excluding hydrogens is 262 g/mol. The number of hydrogen-bond donors (Lipinski definition) is 6. The van der Waals surface area contributed by atoms with E-state index in [1.54, 1.807) is 0 Å². The van der Waals surface area contributed by atoms with E-state index in [4.69, 9.17) is 30.6 Å². The van der Waals surface area contributed by atoms with E-state index in [-0.39, 0.29) is 0 Å². The molecule has 9 nitrogen and oxygen atoms in total. The summed E-state index contributed by atoms with van der Waals surface area (Å²) < 4.78 is 0. The Bertz CT molecular complexity index is 260. The Morgan fingerprint density at radius 2 is 1.21 bits per heavy atom. The average molecular weight is 283 g/mol. The number of hydrogen-bond acceptors (Lipinski definition) is 7. The summed E-state index contributed by atoms with van der Waals surface area (Å²) in [5, 5.41) is 51.0. The predicted molar refractivity (Wildman–Crippen MR) is 62.8 cm³/mol. The predicted octanol–water partition coefficient (Wildman–Crippen LogP) is -1.79. The number of aliphatic carboxylic acids is 2. The van der Waals surface area contributed by atoms with Gasteiger partial charge in [-0.25, -0.2) is 9.69 Å². The van der Waals surface area contributed by atoms with Crippen LogP contribution in [0.2, 0.25) is 0 Å². The Morgan fingerprint density at radius 1 is 0.895 bits per heavy atom. The van der Waals surface area contributed by atoms with Crippen LogP contribution in [-0.4, -0.2) is 72.3 Å². The van der Waals surface area contributed by atoms with E-state index in [1.165, 1.54) is 25.7 Å². The van der Waals surface area contributed by atoms with Gasteiger partial charge in [-0.2, -0.15) is 0 Å². The van der Waals surface area contributed by atoms with Crippen LogP contribution in [-0.2, 0) is 9.59 Å². The minimum atomic E-state index is -1.79.